The van der Waals surface area contributed by atoms with Crippen LogP contribution in [0.5, 0.6) is 5.75 Å². The lowest BCUT2D eigenvalue weighted by Crippen LogP contribution is -2.45. The molecule has 5 nitrogen and oxygen atoms in total. The molecule has 2 aliphatic rings. The van der Waals surface area contributed by atoms with Crippen LogP contribution < -0.4 is 10.1 Å². The van der Waals surface area contributed by atoms with Gasteiger partial charge in [0.1, 0.15) is 17.4 Å². The maximum atomic E-state index is 14.7. The zero-order valence-electron chi connectivity index (χ0n) is 23.4. The van der Waals surface area contributed by atoms with Crippen molar-refractivity contribution in [1.29, 1.82) is 0 Å². The van der Waals surface area contributed by atoms with Crippen molar-refractivity contribution in [3.63, 3.8) is 0 Å². The van der Waals surface area contributed by atoms with Crippen LogP contribution >= 0.6 is 11.6 Å². The first kappa shape index (κ1) is 29.0. The SMILES string of the molecule is CN[C@H]1CC[C@@H](N(Cc2cc(-c3ccc(C(C)=O)cc3)ccc2OC)C(=O)C2=C(Cl)c3c(F)ccc(F)c3C2)CC1. The van der Waals surface area contributed by atoms with Crippen molar-refractivity contribution >= 4 is 28.3 Å². The summed E-state index contributed by atoms with van der Waals surface area (Å²) >= 11 is 6.58. The second-order valence-corrected chi connectivity index (χ2v) is 11.1. The highest BCUT2D eigenvalue weighted by Crippen LogP contribution is 2.41. The molecule has 3 aromatic carbocycles. The summed E-state index contributed by atoms with van der Waals surface area (Å²) in [5, 5.41) is 3.30. The standard InChI is InChI=1S/C33H33ClF2N2O3/c1-19(39)20-4-6-21(7-5-20)22-8-15-30(41-3)23(16-22)18-38(25-11-9-24(37-2)10-12-25)33(40)27-17-26-28(35)13-14-29(36)31(26)32(27)34/h4-8,13-16,24-25,37H,9-12,17-18H2,1-3H3/t24-,25+. The topological polar surface area (TPSA) is 58.6 Å². The average molecular weight is 579 g/mol. The van der Waals surface area contributed by atoms with Crippen molar-refractivity contribution in [1.82, 2.24) is 10.2 Å². The molecule has 0 spiro atoms. The van der Waals surface area contributed by atoms with Gasteiger partial charge in [-0.1, -0.05) is 41.9 Å². The predicted molar refractivity (Wildman–Crippen MR) is 157 cm³/mol. The monoisotopic (exact) mass is 578 g/mol. The molecule has 0 unspecified atom stereocenters. The smallest absolute Gasteiger partial charge is 0.252 e. The Kier molecular flexibility index (Phi) is 8.57. The molecule has 1 amide bonds. The van der Waals surface area contributed by atoms with Gasteiger partial charge in [-0.3, -0.25) is 9.59 Å². The summed E-state index contributed by atoms with van der Waals surface area (Å²) in [4.78, 5) is 27.7. The fraction of sp³-hybridized carbons (Fsp3) is 0.333. The summed E-state index contributed by atoms with van der Waals surface area (Å²) < 4.78 is 35.0. The Balaban J connectivity index is 1.51. The van der Waals surface area contributed by atoms with Crippen molar-refractivity contribution in [3.8, 4) is 16.9 Å². The second kappa shape index (κ2) is 12.1. The predicted octanol–water partition coefficient (Wildman–Crippen LogP) is 6.91. The summed E-state index contributed by atoms with van der Waals surface area (Å²) in [6, 6.07) is 15.6. The molecule has 1 saturated carbocycles. The van der Waals surface area contributed by atoms with E-state index in [1.54, 1.807) is 24.1 Å². The van der Waals surface area contributed by atoms with E-state index in [-0.39, 0.29) is 52.4 Å². The number of ether oxygens (including phenoxy) is 1. The third-order valence-corrected chi connectivity index (χ3v) is 8.77. The zero-order chi connectivity index (χ0) is 29.3. The summed E-state index contributed by atoms with van der Waals surface area (Å²) in [7, 11) is 3.53. The first-order valence-electron chi connectivity index (χ1n) is 13.8. The van der Waals surface area contributed by atoms with E-state index in [9.17, 15) is 18.4 Å². The molecule has 0 saturated heterocycles. The molecule has 3 aromatic rings. The molecule has 1 fully saturated rings. The number of halogens is 3. The Morgan fingerprint density at radius 3 is 2.24 bits per heavy atom. The number of Topliss-reactive ketones (excluding diaryl/α,β-unsaturated/α-hetero) is 1. The molecule has 41 heavy (non-hydrogen) atoms. The van der Waals surface area contributed by atoms with Crippen LogP contribution in [0.1, 0.15) is 59.7 Å². The summed E-state index contributed by atoms with van der Waals surface area (Å²) in [5.41, 5.74) is 3.57. The first-order chi connectivity index (χ1) is 19.7. The molecule has 0 atom stereocenters. The van der Waals surface area contributed by atoms with Crippen LogP contribution in [0, 0.1) is 11.6 Å². The van der Waals surface area contributed by atoms with Crippen molar-refractivity contribution < 1.29 is 23.1 Å². The van der Waals surface area contributed by atoms with Gasteiger partial charge in [-0.15, -0.1) is 0 Å². The number of rotatable bonds is 8. The van der Waals surface area contributed by atoms with Gasteiger partial charge in [-0.2, -0.15) is 0 Å². The zero-order valence-corrected chi connectivity index (χ0v) is 24.2. The van der Waals surface area contributed by atoms with Crippen molar-refractivity contribution in [3.05, 3.63) is 94.1 Å². The van der Waals surface area contributed by atoms with Gasteiger partial charge in [-0.25, -0.2) is 8.78 Å². The van der Waals surface area contributed by atoms with Gasteiger partial charge >= 0.3 is 0 Å². The number of fused-ring (bicyclic) bond motifs is 1. The molecule has 0 heterocycles. The van der Waals surface area contributed by atoms with Gasteiger partial charge in [0, 0.05) is 52.9 Å². The lowest BCUT2D eigenvalue weighted by Gasteiger charge is -2.37. The molecular formula is C33H33ClF2N2O3. The molecule has 8 heteroatoms. The summed E-state index contributed by atoms with van der Waals surface area (Å²) in [6.45, 7) is 1.77. The minimum absolute atomic E-state index is 0.00379. The van der Waals surface area contributed by atoms with E-state index in [2.05, 4.69) is 5.32 Å². The van der Waals surface area contributed by atoms with Crippen LogP contribution in [-0.2, 0) is 17.8 Å². The number of ketones is 1. The Morgan fingerprint density at radius 1 is 0.976 bits per heavy atom. The normalized spacial score (nSPS) is 18.3. The second-order valence-electron chi connectivity index (χ2n) is 10.7. The van der Waals surface area contributed by atoms with Crippen molar-refractivity contribution in [2.24, 2.45) is 0 Å². The van der Waals surface area contributed by atoms with Gasteiger partial charge in [-0.05, 0) is 75.0 Å². The van der Waals surface area contributed by atoms with Crippen LogP contribution in [0.4, 0.5) is 8.78 Å². The number of nitrogens with zero attached hydrogens (tertiary/aromatic N) is 1. The van der Waals surface area contributed by atoms with E-state index in [1.165, 1.54) is 6.92 Å². The number of hydrogen-bond acceptors (Lipinski definition) is 4. The van der Waals surface area contributed by atoms with Gasteiger partial charge < -0.3 is 15.0 Å². The Labute approximate surface area is 244 Å². The highest BCUT2D eigenvalue weighted by atomic mass is 35.5. The van der Waals surface area contributed by atoms with Gasteiger partial charge in [0.25, 0.3) is 5.91 Å². The lowest BCUT2D eigenvalue weighted by molar-refractivity contribution is -0.130. The van der Waals surface area contributed by atoms with E-state index < -0.39 is 11.6 Å². The van der Waals surface area contributed by atoms with Crippen LogP contribution in [0.25, 0.3) is 16.2 Å². The largest absolute Gasteiger partial charge is 0.496 e. The highest BCUT2D eigenvalue weighted by molar-refractivity contribution is 6.52. The third-order valence-electron chi connectivity index (χ3n) is 8.35. The molecular weight excluding hydrogens is 546 g/mol. The number of methoxy groups -OCH3 is 1. The van der Waals surface area contributed by atoms with E-state index in [1.807, 2.05) is 37.4 Å². The van der Waals surface area contributed by atoms with Gasteiger partial charge in [0.05, 0.1) is 12.1 Å². The summed E-state index contributed by atoms with van der Waals surface area (Å²) in [6.07, 6.45) is 3.32. The third kappa shape index (κ3) is 5.79. The fourth-order valence-corrected chi connectivity index (χ4v) is 6.31. The average Bonchev–Trinajstić information content (AvgIpc) is 3.35. The van der Waals surface area contributed by atoms with E-state index in [0.29, 0.717) is 17.4 Å². The van der Waals surface area contributed by atoms with Crippen molar-refractivity contribution in [2.45, 2.75) is 57.7 Å². The molecule has 0 aliphatic heterocycles. The molecule has 0 aromatic heterocycles. The van der Waals surface area contributed by atoms with Crippen LogP contribution in [0.2, 0.25) is 0 Å². The van der Waals surface area contributed by atoms with E-state index in [0.717, 1.165) is 54.5 Å². The van der Waals surface area contributed by atoms with Gasteiger partial charge in [0.2, 0.25) is 0 Å². The van der Waals surface area contributed by atoms with Crippen LogP contribution in [0.3, 0.4) is 0 Å². The number of carbonyl (C=O) groups is 2. The number of benzene rings is 3. The maximum Gasteiger partial charge on any atom is 0.252 e. The molecule has 0 bridgehead atoms. The minimum Gasteiger partial charge on any atom is -0.496 e. The molecule has 2 aliphatic carbocycles. The first-order valence-corrected chi connectivity index (χ1v) is 14.2. The van der Waals surface area contributed by atoms with Crippen molar-refractivity contribution in [2.75, 3.05) is 14.2 Å². The fourth-order valence-electron chi connectivity index (χ4n) is 5.96. The summed E-state index contributed by atoms with van der Waals surface area (Å²) in [5.74, 6) is -0.913. The molecule has 214 valence electrons. The highest BCUT2D eigenvalue weighted by Gasteiger charge is 2.36. The van der Waals surface area contributed by atoms with E-state index >= 15 is 0 Å². The molecule has 1 N–H and O–H groups in total. The molecule has 5 rings (SSSR count). The number of amides is 1. The molecule has 0 radical (unpaired) electrons. The number of carbonyl (C=O) groups excluding carboxylic acids is 2. The Bertz CT molecular complexity index is 1510. The van der Waals surface area contributed by atoms with Crippen LogP contribution in [-0.4, -0.2) is 42.8 Å². The Morgan fingerprint density at radius 2 is 1.63 bits per heavy atom. The quantitative estimate of drug-likeness (QED) is 0.295. The van der Waals surface area contributed by atoms with Crippen LogP contribution in [0.15, 0.2) is 60.2 Å². The lowest BCUT2D eigenvalue weighted by atomic mass is 9.89. The Hall–Kier alpha value is -3.55. The van der Waals surface area contributed by atoms with Gasteiger partial charge in [0.15, 0.2) is 5.78 Å². The number of nitrogens with one attached hydrogen (secondary N) is 1. The van der Waals surface area contributed by atoms with E-state index in [4.69, 9.17) is 16.3 Å². The number of hydrogen-bond donors (Lipinski definition) is 1. The minimum atomic E-state index is -0.638. The maximum absolute atomic E-state index is 14.7.